The van der Waals surface area contributed by atoms with Gasteiger partial charge in [-0.2, -0.15) is 5.26 Å². The topological polar surface area (TPSA) is 127 Å². The highest BCUT2D eigenvalue weighted by Gasteiger charge is 2.19. The quantitative estimate of drug-likeness (QED) is 0.342. The molecule has 11 heteroatoms. The molecule has 9 nitrogen and oxygen atoms in total. The lowest BCUT2D eigenvalue weighted by Crippen LogP contribution is -2.13. The molecular weight excluding hydrogens is 438 g/mol. The molecule has 0 spiro atoms. The van der Waals surface area contributed by atoms with E-state index in [-0.39, 0.29) is 15.0 Å². The van der Waals surface area contributed by atoms with Crippen LogP contribution in [0, 0.1) is 25.2 Å². The van der Waals surface area contributed by atoms with E-state index in [4.69, 9.17) is 4.74 Å². The fourth-order valence-corrected chi connectivity index (χ4v) is 4.50. The average molecular weight is 458 g/mol. The normalized spacial score (nSPS) is 11.8. The van der Waals surface area contributed by atoms with Crippen LogP contribution in [0.1, 0.15) is 17.0 Å². The third-order valence-corrected chi connectivity index (χ3v) is 6.91. The predicted octanol–water partition coefficient (Wildman–Crippen LogP) is 2.90. The number of hydrogen-bond donors (Lipinski definition) is 1. The number of amides is 1. The van der Waals surface area contributed by atoms with Gasteiger partial charge in [0.05, 0.1) is 12.8 Å². The molecule has 0 aliphatic heterocycles. The Morgan fingerprint density at radius 1 is 1.29 bits per heavy atom. The molecule has 0 fully saturated rings. The lowest BCUT2D eigenvalue weighted by Gasteiger charge is -2.13. The molecular formula is C20H19N5O4S2. The second kappa shape index (κ2) is 8.71. The van der Waals surface area contributed by atoms with Gasteiger partial charge in [-0.1, -0.05) is 23.5 Å². The molecule has 31 heavy (non-hydrogen) atoms. The minimum absolute atomic E-state index is 0.00827. The van der Waals surface area contributed by atoms with Gasteiger partial charge in [0.2, 0.25) is 19.3 Å². The number of aromatic nitrogens is 3. The number of carbonyl (C=O) groups is 1. The number of aryl methyl sites for hydroxylation is 1. The van der Waals surface area contributed by atoms with Gasteiger partial charge in [-0.25, -0.2) is 8.42 Å². The number of nitrogens with zero attached hydrogens (tertiary/aromatic N) is 4. The van der Waals surface area contributed by atoms with Crippen LogP contribution in [0.3, 0.4) is 0 Å². The van der Waals surface area contributed by atoms with Crippen LogP contribution in [-0.2, 0) is 14.6 Å². The van der Waals surface area contributed by atoms with Gasteiger partial charge in [-0.05, 0) is 43.7 Å². The van der Waals surface area contributed by atoms with Crippen LogP contribution in [0.25, 0.3) is 11.8 Å². The molecule has 2 heterocycles. The highest BCUT2D eigenvalue weighted by atomic mass is 32.2. The Kier molecular flexibility index (Phi) is 6.24. The van der Waals surface area contributed by atoms with Crippen molar-refractivity contribution < 1.29 is 17.9 Å². The Balaban J connectivity index is 1.94. The molecule has 1 N–H and O–H groups in total. The molecule has 0 radical (unpaired) electrons. The van der Waals surface area contributed by atoms with E-state index in [9.17, 15) is 18.5 Å². The third kappa shape index (κ3) is 4.65. The minimum atomic E-state index is -3.53. The zero-order valence-corrected chi connectivity index (χ0v) is 18.8. The lowest BCUT2D eigenvalue weighted by atomic mass is 10.1. The van der Waals surface area contributed by atoms with Crippen molar-refractivity contribution >= 4 is 38.3 Å². The van der Waals surface area contributed by atoms with E-state index in [1.54, 1.807) is 7.11 Å². The van der Waals surface area contributed by atoms with Crippen LogP contribution in [0.15, 0.2) is 40.2 Å². The summed E-state index contributed by atoms with van der Waals surface area (Å²) >= 11 is 0.717. The summed E-state index contributed by atoms with van der Waals surface area (Å²) in [6.07, 6.45) is 2.47. The first-order valence-electron chi connectivity index (χ1n) is 8.94. The SMILES string of the molecule is COc1ccccc1-n1c(C)cc(/C=C(/C#N)C(=O)Nc2nnc(S(C)(=O)=O)s2)c1C. The number of rotatable bonds is 6. The molecule has 2 aromatic heterocycles. The number of nitrogens with one attached hydrogen (secondary N) is 1. The number of nitriles is 1. The van der Waals surface area contributed by atoms with E-state index < -0.39 is 15.7 Å². The highest BCUT2D eigenvalue weighted by Crippen LogP contribution is 2.29. The summed E-state index contributed by atoms with van der Waals surface area (Å²) in [6.45, 7) is 3.79. The molecule has 0 atom stereocenters. The molecule has 0 aliphatic rings. The van der Waals surface area contributed by atoms with Crippen LogP contribution in [0.2, 0.25) is 0 Å². The number of methoxy groups -OCH3 is 1. The fraction of sp³-hybridized carbons (Fsp3) is 0.200. The summed E-state index contributed by atoms with van der Waals surface area (Å²) in [5.74, 6) is -0.0168. The minimum Gasteiger partial charge on any atom is -0.495 e. The number of anilines is 1. The van der Waals surface area contributed by atoms with Gasteiger partial charge in [0.1, 0.15) is 17.4 Å². The molecule has 3 rings (SSSR count). The largest absolute Gasteiger partial charge is 0.495 e. The molecule has 0 bridgehead atoms. The Morgan fingerprint density at radius 2 is 2.00 bits per heavy atom. The number of ether oxygens (including phenoxy) is 1. The first kappa shape index (κ1) is 22.2. The molecule has 0 aliphatic carbocycles. The second-order valence-electron chi connectivity index (χ2n) is 6.60. The summed E-state index contributed by atoms with van der Waals surface area (Å²) in [5, 5.41) is 19.1. The smallest absolute Gasteiger partial charge is 0.268 e. The molecule has 0 unspecified atom stereocenters. The van der Waals surface area contributed by atoms with Crippen molar-refractivity contribution in [3.63, 3.8) is 0 Å². The Hall–Kier alpha value is -3.49. The average Bonchev–Trinajstić information content (AvgIpc) is 3.30. The van der Waals surface area contributed by atoms with Crippen LogP contribution >= 0.6 is 11.3 Å². The van der Waals surface area contributed by atoms with Gasteiger partial charge >= 0.3 is 0 Å². The summed E-state index contributed by atoms with van der Waals surface area (Å²) < 4.78 is 30.2. The van der Waals surface area contributed by atoms with Crippen LogP contribution in [0.5, 0.6) is 5.75 Å². The van der Waals surface area contributed by atoms with Crippen LogP contribution in [0.4, 0.5) is 5.13 Å². The lowest BCUT2D eigenvalue weighted by molar-refractivity contribution is -0.112. The highest BCUT2D eigenvalue weighted by molar-refractivity contribution is 7.92. The van der Waals surface area contributed by atoms with Gasteiger partial charge in [0.25, 0.3) is 5.91 Å². The molecule has 0 saturated carbocycles. The number of sulfone groups is 1. The van der Waals surface area contributed by atoms with Crippen molar-refractivity contribution in [3.8, 4) is 17.5 Å². The summed E-state index contributed by atoms with van der Waals surface area (Å²) in [5.41, 5.74) is 3.08. The zero-order valence-electron chi connectivity index (χ0n) is 17.2. The van der Waals surface area contributed by atoms with Crippen molar-refractivity contribution in [2.75, 3.05) is 18.7 Å². The fourth-order valence-electron chi connectivity index (χ4n) is 3.00. The van der Waals surface area contributed by atoms with Crippen molar-refractivity contribution in [1.82, 2.24) is 14.8 Å². The van der Waals surface area contributed by atoms with Crippen LogP contribution in [-0.4, -0.2) is 42.5 Å². The van der Waals surface area contributed by atoms with Crippen molar-refractivity contribution in [1.29, 1.82) is 5.26 Å². The summed E-state index contributed by atoms with van der Waals surface area (Å²) in [6, 6.07) is 11.3. The predicted molar refractivity (Wildman–Crippen MR) is 117 cm³/mol. The zero-order chi connectivity index (χ0) is 22.8. The third-order valence-electron chi connectivity index (χ3n) is 4.41. The van der Waals surface area contributed by atoms with E-state index >= 15 is 0 Å². The van der Waals surface area contributed by atoms with Crippen molar-refractivity contribution in [3.05, 3.63) is 52.9 Å². The van der Waals surface area contributed by atoms with E-state index in [0.29, 0.717) is 22.6 Å². The van der Waals surface area contributed by atoms with E-state index in [1.165, 1.54) is 6.08 Å². The summed E-state index contributed by atoms with van der Waals surface area (Å²) in [7, 11) is -1.94. The molecule has 0 saturated heterocycles. The maximum atomic E-state index is 12.5. The molecule has 3 aromatic rings. The van der Waals surface area contributed by atoms with E-state index in [1.807, 2.05) is 54.8 Å². The van der Waals surface area contributed by atoms with Gasteiger partial charge in [-0.15, -0.1) is 10.2 Å². The van der Waals surface area contributed by atoms with Gasteiger partial charge in [0.15, 0.2) is 0 Å². The first-order valence-corrected chi connectivity index (χ1v) is 11.7. The number of para-hydroxylation sites is 2. The Labute approximate surface area is 183 Å². The molecule has 160 valence electrons. The Morgan fingerprint density at radius 3 is 2.61 bits per heavy atom. The molecule has 1 amide bonds. The maximum absolute atomic E-state index is 12.5. The number of hydrogen-bond acceptors (Lipinski definition) is 8. The summed E-state index contributed by atoms with van der Waals surface area (Å²) in [4.78, 5) is 12.5. The van der Waals surface area contributed by atoms with Gasteiger partial charge in [0, 0.05) is 17.6 Å². The van der Waals surface area contributed by atoms with Crippen LogP contribution < -0.4 is 10.1 Å². The van der Waals surface area contributed by atoms with Gasteiger partial charge < -0.3 is 9.30 Å². The van der Waals surface area contributed by atoms with Crippen molar-refractivity contribution in [2.24, 2.45) is 0 Å². The van der Waals surface area contributed by atoms with E-state index in [0.717, 1.165) is 23.3 Å². The first-order chi connectivity index (χ1) is 14.7. The Bertz CT molecular complexity index is 1330. The van der Waals surface area contributed by atoms with E-state index in [2.05, 4.69) is 15.5 Å². The van der Waals surface area contributed by atoms with Crippen molar-refractivity contribution in [2.45, 2.75) is 18.2 Å². The molecule has 1 aromatic carbocycles. The standard InChI is InChI=1S/C20H19N5O4S2/c1-12-9-14(13(2)25(12)16-7-5-6-8-17(16)29-3)10-15(11-21)18(26)22-19-23-24-20(30-19)31(4,27)28/h5-10H,1-4H3,(H,22,23,26)/b15-10-. The maximum Gasteiger partial charge on any atom is 0.268 e. The second-order valence-corrected chi connectivity index (χ2v) is 9.77. The number of benzene rings is 1. The van der Waals surface area contributed by atoms with Gasteiger partial charge in [-0.3, -0.25) is 10.1 Å². The number of carbonyl (C=O) groups excluding carboxylic acids is 1. The monoisotopic (exact) mass is 457 g/mol.